The summed E-state index contributed by atoms with van der Waals surface area (Å²) in [6.07, 6.45) is 0.848. The maximum atomic E-state index is 12.7. The Kier molecular flexibility index (Phi) is 2.45. The molecule has 1 fully saturated rings. The summed E-state index contributed by atoms with van der Waals surface area (Å²) in [5, 5.41) is 5.62. The fourth-order valence-corrected chi connectivity index (χ4v) is 1.31. The Morgan fingerprint density at radius 3 is 2.93 bits per heavy atom. The first-order valence-corrected chi connectivity index (χ1v) is 4.55. The van der Waals surface area contributed by atoms with Crippen molar-refractivity contribution in [2.45, 2.75) is 12.5 Å². The second kappa shape index (κ2) is 3.75. The molecule has 1 heterocycles. The largest absolute Gasteiger partial charge is 0.325 e. The smallest absolute Gasteiger partial charge is 0.241 e. The van der Waals surface area contributed by atoms with Crippen molar-refractivity contribution in [1.82, 2.24) is 5.32 Å². The fraction of sp³-hybridized carbons (Fsp3) is 0.300. The van der Waals surface area contributed by atoms with Crippen LogP contribution in [0.15, 0.2) is 24.3 Å². The number of hydrogen-bond acceptors (Lipinski definition) is 2. The predicted octanol–water partition coefficient (Wildman–Crippen LogP) is 1.13. The zero-order valence-electron chi connectivity index (χ0n) is 7.59. The van der Waals surface area contributed by atoms with Gasteiger partial charge in [-0.2, -0.15) is 0 Å². The van der Waals surface area contributed by atoms with Crippen LogP contribution in [0.3, 0.4) is 0 Å². The van der Waals surface area contributed by atoms with Gasteiger partial charge in [0.1, 0.15) is 5.82 Å². The maximum absolute atomic E-state index is 12.7. The van der Waals surface area contributed by atoms with Gasteiger partial charge in [0.05, 0.1) is 6.04 Å². The number of halogens is 1. The van der Waals surface area contributed by atoms with E-state index in [-0.39, 0.29) is 17.8 Å². The van der Waals surface area contributed by atoms with Gasteiger partial charge in [-0.05, 0) is 31.2 Å². The van der Waals surface area contributed by atoms with Crippen molar-refractivity contribution in [2.24, 2.45) is 0 Å². The van der Waals surface area contributed by atoms with Crippen LogP contribution in [-0.2, 0) is 4.79 Å². The Morgan fingerprint density at radius 2 is 2.36 bits per heavy atom. The summed E-state index contributed by atoms with van der Waals surface area (Å²) in [6.45, 7) is 0.876. The van der Waals surface area contributed by atoms with Crippen molar-refractivity contribution < 1.29 is 9.18 Å². The molecule has 1 saturated heterocycles. The molecule has 0 radical (unpaired) electrons. The molecule has 1 aromatic carbocycles. The Bertz CT molecular complexity index is 350. The lowest BCUT2D eigenvalue weighted by Gasteiger charge is -2.26. The zero-order valence-corrected chi connectivity index (χ0v) is 7.59. The number of rotatable bonds is 2. The van der Waals surface area contributed by atoms with Gasteiger partial charge < -0.3 is 10.6 Å². The molecule has 3 nitrogen and oxygen atoms in total. The van der Waals surface area contributed by atoms with E-state index in [9.17, 15) is 9.18 Å². The third kappa shape index (κ3) is 1.90. The molecule has 1 aliphatic heterocycles. The molecule has 0 spiro atoms. The van der Waals surface area contributed by atoms with E-state index in [1.165, 1.54) is 12.1 Å². The number of carbonyl (C=O) groups excluding carboxylic acids is 1. The quantitative estimate of drug-likeness (QED) is 0.740. The molecule has 2 rings (SSSR count). The summed E-state index contributed by atoms with van der Waals surface area (Å²) < 4.78 is 12.7. The number of benzene rings is 1. The van der Waals surface area contributed by atoms with Crippen LogP contribution in [0.4, 0.5) is 10.1 Å². The second-order valence-electron chi connectivity index (χ2n) is 3.29. The summed E-state index contributed by atoms with van der Waals surface area (Å²) in [6, 6.07) is 5.77. The minimum absolute atomic E-state index is 0.0955. The molecule has 0 aromatic heterocycles. The van der Waals surface area contributed by atoms with Crippen LogP contribution in [0.1, 0.15) is 6.42 Å². The molecule has 74 valence electrons. The van der Waals surface area contributed by atoms with Gasteiger partial charge in [-0.15, -0.1) is 0 Å². The monoisotopic (exact) mass is 194 g/mol. The minimum atomic E-state index is -0.343. The van der Waals surface area contributed by atoms with Crippen LogP contribution in [0, 0.1) is 5.82 Å². The Hall–Kier alpha value is -1.42. The van der Waals surface area contributed by atoms with Gasteiger partial charge in [0.15, 0.2) is 0 Å². The van der Waals surface area contributed by atoms with E-state index < -0.39 is 0 Å². The van der Waals surface area contributed by atoms with Crippen LogP contribution >= 0.6 is 0 Å². The molecule has 1 aliphatic rings. The Balaban J connectivity index is 1.99. The first-order valence-electron chi connectivity index (χ1n) is 4.55. The molecule has 14 heavy (non-hydrogen) atoms. The van der Waals surface area contributed by atoms with E-state index in [0.717, 1.165) is 13.0 Å². The molecule has 2 N–H and O–H groups in total. The van der Waals surface area contributed by atoms with Gasteiger partial charge in [-0.3, -0.25) is 4.79 Å². The van der Waals surface area contributed by atoms with Crippen molar-refractivity contribution in [3.8, 4) is 0 Å². The van der Waals surface area contributed by atoms with Crippen molar-refractivity contribution in [1.29, 1.82) is 0 Å². The molecule has 0 unspecified atom stereocenters. The van der Waals surface area contributed by atoms with Crippen LogP contribution < -0.4 is 10.6 Å². The van der Waals surface area contributed by atoms with E-state index in [1.807, 2.05) is 0 Å². The molecule has 1 amide bonds. The van der Waals surface area contributed by atoms with Crippen molar-refractivity contribution in [3.05, 3.63) is 30.1 Å². The van der Waals surface area contributed by atoms with Crippen LogP contribution in [0.2, 0.25) is 0 Å². The highest BCUT2D eigenvalue weighted by Crippen LogP contribution is 2.11. The first kappa shape index (κ1) is 9.15. The minimum Gasteiger partial charge on any atom is -0.325 e. The average molecular weight is 194 g/mol. The molecule has 0 aliphatic carbocycles. The van der Waals surface area contributed by atoms with Crippen LogP contribution in [-0.4, -0.2) is 18.5 Å². The van der Waals surface area contributed by atoms with Crippen LogP contribution in [0.25, 0.3) is 0 Å². The summed E-state index contributed by atoms with van der Waals surface area (Å²) in [7, 11) is 0. The number of anilines is 1. The summed E-state index contributed by atoms with van der Waals surface area (Å²) >= 11 is 0. The first-order chi connectivity index (χ1) is 6.75. The summed E-state index contributed by atoms with van der Waals surface area (Å²) in [5.74, 6) is -0.439. The molecule has 0 bridgehead atoms. The Labute approximate surface area is 81.3 Å². The van der Waals surface area contributed by atoms with Gasteiger partial charge in [0.25, 0.3) is 0 Å². The van der Waals surface area contributed by atoms with Gasteiger partial charge in [-0.25, -0.2) is 4.39 Å². The van der Waals surface area contributed by atoms with E-state index in [2.05, 4.69) is 10.6 Å². The number of nitrogens with one attached hydrogen (secondary N) is 2. The number of amides is 1. The van der Waals surface area contributed by atoms with E-state index in [1.54, 1.807) is 12.1 Å². The third-order valence-corrected chi connectivity index (χ3v) is 2.23. The van der Waals surface area contributed by atoms with Gasteiger partial charge in [-0.1, -0.05) is 6.07 Å². The van der Waals surface area contributed by atoms with E-state index in [0.29, 0.717) is 5.69 Å². The molecule has 1 aromatic rings. The molecule has 0 saturated carbocycles. The van der Waals surface area contributed by atoms with Crippen molar-refractivity contribution >= 4 is 11.6 Å². The molecule has 4 heteroatoms. The fourth-order valence-electron chi connectivity index (χ4n) is 1.31. The average Bonchev–Trinajstić information content (AvgIpc) is 1.99. The van der Waals surface area contributed by atoms with Crippen LogP contribution in [0.5, 0.6) is 0 Å². The molecule has 1 atom stereocenters. The van der Waals surface area contributed by atoms with Gasteiger partial charge in [0, 0.05) is 5.69 Å². The second-order valence-corrected chi connectivity index (χ2v) is 3.29. The lowest BCUT2D eigenvalue weighted by Crippen LogP contribution is -2.50. The zero-order chi connectivity index (χ0) is 9.97. The third-order valence-electron chi connectivity index (χ3n) is 2.23. The molecular weight excluding hydrogens is 183 g/mol. The SMILES string of the molecule is O=C(Nc1cccc(F)c1)[C@H]1CCN1. The van der Waals surface area contributed by atoms with Gasteiger partial charge >= 0.3 is 0 Å². The summed E-state index contributed by atoms with van der Waals surface area (Å²) in [5.41, 5.74) is 0.503. The normalized spacial score (nSPS) is 19.9. The van der Waals surface area contributed by atoms with E-state index in [4.69, 9.17) is 0 Å². The maximum Gasteiger partial charge on any atom is 0.241 e. The molecular formula is C10H11FN2O. The highest BCUT2D eigenvalue weighted by Gasteiger charge is 2.24. The number of carbonyl (C=O) groups is 1. The predicted molar refractivity (Wildman–Crippen MR) is 51.4 cm³/mol. The summed E-state index contributed by atoms with van der Waals surface area (Å²) in [4.78, 5) is 11.4. The standard InChI is InChI=1S/C10H11FN2O/c11-7-2-1-3-8(6-7)13-10(14)9-4-5-12-9/h1-3,6,9,12H,4-5H2,(H,13,14)/t9-/m1/s1. The van der Waals surface area contributed by atoms with Gasteiger partial charge in [0.2, 0.25) is 5.91 Å². The highest BCUT2D eigenvalue weighted by atomic mass is 19.1. The topological polar surface area (TPSA) is 41.1 Å². The Morgan fingerprint density at radius 1 is 1.57 bits per heavy atom. The lowest BCUT2D eigenvalue weighted by molar-refractivity contribution is -0.119. The van der Waals surface area contributed by atoms with Crippen molar-refractivity contribution in [2.75, 3.05) is 11.9 Å². The van der Waals surface area contributed by atoms with E-state index >= 15 is 0 Å². The number of hydrogen-bond donors (Lipinski definition) is 2. The lowest BCUT2D eigenvalue weighted by atomic mass is 10.1. The van der Waals surface area contributed by atoms with Crippen molar-refractivity contribution in [3.63, 3.8) is 0 Å². The highest BCUT2D eigenvalue weighted by molar-refractivity contribution is 5.95.